The molecule has 0 aliphatic carbocycles. The number of benzene rings is 3. The van der Waals surface area contributed by atoms with Crippen LogP contribution in [0, 0.1) is 0 Å². The van der Waals surface area contributed by atoms with E-state index in [-0.39, 0.29) is 24.5 Å². The number of anilines is 1. The standard InChI is InChI=1S/C27H30N4O2/c28-22-15-13-20(14-16-22)18-29-27(33)30-19-26(32)31-17-7-6-12-25(31)24-11-5-4-10-23(24)21-8-2-1-3-9-21/h1-5,8-11,13-16,25H,6-7,12,17-19,28H2,(H2,29,30,33). The van der Waals surface area contributed by atoms with Crippen LogP contribution in [0.5, 0.6) is 0 Å². The van der Waals surface area contributed by atoms with Gasteiger partial charge in [-0.2, -0.15) is 0 Å². The number of hydrogen-bond acceptors (Lipinski definition) is 3. The van der Waals surface area contributed by atoms with Gasteiger partial charge in [-0.1, -0.05) is 66.7 Å². The first-order valence-corrected chi connectivity index (χ1v) is 11.4. The Bertz CT molecular complexity index is 1080. The van der Waals surface area contributed by atoms with Crippen molar-refractivity contribution >= 4 is 17.6 Å². The highest BCUT2D eigenvalue weighted by atomic mass is 16.2. The minimum absolute atomic E-state index is 0.00212. The molecule has 0 radical (unpaired) electrons. The first-order chi connectivity index (χ1) is 16.1. The Morgan fingerprint density at radius 1 is 0.879 bits per heavy atom. The van der Waals surface area contributed by atoms with E-state index in [1.54, 1.807) is 12.1 Å². The van der Waals surface area contributed by atoms with Gasteiger partial charge in [0.1, 0.15) is 0 Å². The molecule has 1 heterocycles. The summed E-state index contributed by atoms with van der Waals surface area (Å²) >= 11 is 0. The number of nitrogens with one attached hydrogen (secondary N) is 2. The van der Waals surface area contributed by atoms with Crippen LogP contribution in [0.15, 0.2) is 78.9 Å². The molecular weight excluding hydrogens is 412 g/mol. The zero-order chi connectivity index (χ0) is 23.0. The first-order valence-electron chi connectivity index (χ1n) is 11.4. The molecular formula is C27H30N4O2. The van der Waals surface area contributed by atoms with E-state index in [2.05, 4.69) is 34.9 Å². The van der Waals surface area contributed by atoms with Crippen molar-refractivity contribution in [2.24, 2.45) is 0 Å². The molecule has 4 rings (SSSR count). The van der Waals surface area contributed by atoms with Gasteiger partial charge < -0.3 is 21.3 Å². The first kappa shape index (κ1) is 22.4. The van der Waals surface area contributed by atoms with Crippen molar-refractivity contribution in [1.29, 1.82) is 0 Å². The third-order valence-corrected chi connectivity index (χ3v) is 6.06. The third kappa shape index (κ3) is 5.71. The Kier molecular flexibility index (Phi) is 7.25. The molecule has 1 saturated heterocycles. The summed E-state index contributed by atoms with van der Waals surface area (Å²) in [6, 6.07) is 25.5. The smallest absolute Gasteiger partial charge is 0.315 e. The van der Waals surface area contributed by atoms with Crippen LogP contribution in [-0.4, -0.2) is 29.9 Å². The minimum atomic E-state index is -0.363. The number of nitrogens with zero attached hydrogens (tertiary/aromatic N) is 1. The normalized spacial score (nSPS) is 15.6. The second-order valence-corrected chi connectivity index (χ2v) is 8.33. The van der Waals surface area contributed by atoms with Crippen molar-refractivity contribution in [3.8, 4) is 11.1 Å². The van der Waals surface area contributed by atoms with Crippen LogP contribution in [0.25, 0.3) is 11.1 Å². The average molecular weight is 443 g/mol. The Morgan fingerprint density at radius 2 is 1.61 bits per heavy atom. The lowest BCUT2D eigenvalue weighted by atomic mass is 9.89. The minimum Gasteiger partial charge on any atom is -0.399 e. The van der Waals surface area contributed by atoms with Crippen LogP contribution < -0.4 is 16.4 Å². The van der Waals surface area contributed by atoms with Gasteiger partial charge in [-0.05, 0) is 53.6 Å². The maximum atomic E-state index is 13.1. The van der Waals surface area contributed by atoms with E-state index in [4.69, 9.17) is 5.73 Å². The average Bonchev–Trinajstić information content (AvgIpc) is 2.87. The van der Waals surface area contributed by atoms with Gasteiger partial charge in [-0.3, -0.25) is 4.79 Å². The van der Waals surface area contributed by atoms with Crippen molar-refractivity contribution in [3.05, 3.63) is 90.0 Å². The lowest BCUT2D eigenvalue weighted by molar-refractivity contribution is -0.133. The van der Waals surface area contributed by atoms with Gasteiger partial charge in [0.2, 0.25) is 5.91 Å². The van der Waals surface area contributed by atoms with Crippen LogP contribution in [0.4, 0.5) is 10.5 Å². The van der Waals surface area contributed by atoms with Gasteiger partial charge >= 0.3 is 6.03 Å². The zero-order valence-electron chi connectivity index (χ0n) is 18.7. The van der Waals surface area contributed by atoms with E-state index < -0.39 is 0 Å². The van der Waals surface area contributed by atoms with Crippen LogP contribution in [0.2, 0.25) is 0 Å². The number of carbonyl (C=O) groups is 2. The molecule has 1 aliphatic rings. The summed E-state index contributed by atoms with van der Waals surface area (Å²) < 4.78 is 0. The van der Waals surface area contributed by atoms with E-state index >= 15 is 0 Å². The Balaban J connectivity index is 1.40. The van der Waals surface area contributed by atoms with Crippen molar-refractivity contribution in [3.63, 3.8) is 0 Å². The number of nitrogen functional groups attached to an aromatic ring is 1. The van der Waals surface area contributed by atoms with Gasteiger partial charge in [-0.25, -0.2) is 4.79 Å². The van der Waals surface area contributed by atoms with E-state index in [1.807, 2.05) is 47.4 Å². The molecule has 3 amide bonds. The molecule has 3 aromatic carbocycles. The summed E-state index contributed by atoms with van der Waals surface area (Å²) in [7, 11) is 0. The largest absolute Gasteiger partial charge is 0.399 e. The quantitative estimate of drug-likeness (QED) is 0.492. The van der Waals surface area contributed by atoms with Crippen molar-refractivity contribution < 1.29 is 9.59 Å². The lowest BCUT2D eigenvalue weighted by Crippen LogP contribution is -2.46. The maximum Gasteiger partial charge on any atom is 0.315 e. The fourth-order valence-corrected chi connectivity index (χ4v) is 4.36. The second-order valence-electron chi connectivity index (χ2n) is 8.33. The van der Waals surface area contributed by atoms with Crippen LogP contribution in [0.1, 0.15) is 36.4 Å². The molecule has 1 fully saturated rings. The molecule has 0 bridgehead atoms. The number of amides is 3. The van der Waals surface area contributed by atoms with E-state index in [0.29, 0.717) is 18.8 Å². The molecule has 0 aromatic heterocycles. The van der Waals surface area contributed by atoms with E-state index in [1.165, 1.54) is 0 Å². The molecule has 1 unspecified atom stereocenters. The summed E-state index contributed by atoms with van der Waals surface area (Å²) in [4.78, 5) is 27.3. The molecule has 4 N–H and O–H groups in total. The summed E-state index contributed by atoms with van der Waals surface area (Å²) in [6.45, 7) is 1.04. The molecule has 1 atom stereocenters. The molecule has 0 spiro atoms. The van der Waals surface area contributed by atoms with Crippen molar-refractivity contribution in [1.82, 2.24) is 15.5 Å². The predicted octanol–water partition coefficient (Wildman–Crippen LogP) is 4.49. The van der Waals surface area contributed by atoms with Crippen molar-refractivity contribution in [2.45, 2.75) is 31.8 Å². The van der Waals surface area contributed by atoms with E-state index in [0.717, 1.165) is 41.5 Å². The molecule has 1 aliphatic heterocycles. The fraction of sp³-hybridized carbons (Fsp3) is 0.259. The number of piperidine rings is 1. The summed E-state index contributed by atoms with van der Waals surface area (Å²) in [5.74, 6) is -0.0646. The number of rotatable bonds is 6. The summed E-state index contributed by atoms with van der Waals surface area (Å²) in [5, 5.41) is 5.50. The third-order valence-electron chi connectivity index (χ3n) is 6.06. The fourth-order valence-electron chi connectivity index (χ4n) is 4.36. The van der Waals surface area contributed by atoms with E-state index in [9.17, 15) is 9.59 Å². The topological polar surface area (TPSA) is 87.5 Å². The monoisotopic (exact) mass is 442 g/mol. The maximum absolute atomic E-state index is 13.1. The van der Waals surface area contributed by atoms with Crippen LogP contribution >= 0.6 is 0 Å². The highest BCUT2D eigenvalue weighted by Gasteiger charge is 2.29. The molecule has 170 valence electrons. The Labute approximate surface area is 194 Å². The SMILES string of the molecule is Nc1ccc(CNC(=O)NCC(=O)N2CCCCC2c2ccccc2-c2ccccc2)cc1. The number of likely N-dealkylation sites (tertiary alicyclic amines) is 1. The molecule has 3 aromatic rings. The molecule has 33 heavy (non-hydrogen) atoms. The number of hydrogen-bond donors (Lipinski definition) is 3. The van der Waals surface area contributed by atoms with Gasteiger partial charge in [0, 0.05) is 18.8 Å². The number of nitrogens with two attached hydrogens (primary N) is 1. The lowest BCUT2D eigenvalue weighted by Gasteiger charge is -2.37. The molecule has 0 saturated carbocycles. The number of carbonyl (C=O) groups excluding carboxylic acids is 2. The number of urea groups is 1. The second kappa shape index (κ2) is 10.7. The van der Waals surface area contributed by atoms with Gasteiger partial charge in [-0.15, -0.1) is 0 Å². The van der Waals surface area contributed by atoms with Crippen LogP contribution in [0.3, 0.4) is 0 Å². The predicted molar refractivity (Wildman–Crippen MR) is 131 cm³/mol. The Morgan fingerprint density at radius 3 is 2.39 bits per heavy atom. The summed E-state index contributed by atoms with van der Waals surface area (Å²) in [5.41, 5.74) is 10.8. The van der Waals surface area contributed by atoms with Crippen molar-refractivity contribution in [2.75, 3.05) is 18.8 Å². The Hall–Kier alpha value is -3.80. The van der Waals surface area contributed by atoms with Gasteiger partial charge in [0.15, 0.2) is 0 Å². The molecule has 6 nitrogen and oxygen atoms in total. The van der Waals surface area contributed by atoms with Gasteiger partial charge in [0.05, 0.1) is 12.6 Å². The van der Waals surface area contributed by atoms with Crippen LogP contribution in [-0.2, 0) is 11.3 Å². The highest BCUT2D eigenvalue weighted by molar-refractivity contribution is 5.84. The summed E-state index contributed by atoms with van der Waals surface area (Å²) in [6.07, 6.45) is 2.96. The highest BCUT2D eigenvalue weighted by Crippen LogP contribution is 2.36. The van der Waals surface area contributed by atoms with Gasteiger partial charge in [0.25, 0.3) is 0 Å². The zero-order valence-corrected chi connectivity index (χ0v) is 18.7. The molecule has 6 heteroatoms.